The van der Waals surface area contributed by atoms with Gasteiger partial charge in [-0.25, -0.2) is 0 Å². The molecule has 0 amide bonds. The molecule has 0 aromatic heterocycles. The first-order chi connectivity index (χ1) is 14.7. The van der Waals surface area contributed by atoms with Gasteiger partial charge in [-0.05, 0) is 30.5 Å². The van der Waals surface area contributed by atoms with Gasteiger partial charge in [0.15, 0.2) is 5.78 Å². The quantitative estimate of drug-likeness (QED) is 0.729. The van der Waals surface area contributed by atoms with E-state index in [-0.39, 0.29) is 29.8 Å². The van der Waals surface area contributed by atoms with Crippen LogP contribution in [0.15, 0.2) is 30.5 Å². The summed E-state index contributed by atoms with van der Waals surface area (Å²) in [6.07, 6.45) is 3.50. The Labute approximate surface area is 182 Å². The minimum absolute atomic E-state index is 0.0929. The number of hydrogen-bond donors (Lipinski definition) is 0. The number of halogens is 1. The Morgan fingerprint density at radius 2 is 1.80 bits per heavy atom. The molecular weight excluding hydrogens is 404 g/mol. The van der Waals surface area contributed by atoms with E-state index in [0.717, 1.165) is 64.3 Å². The third kappa shape index (κ3) is 4.16. The van der Waals surface area contributed by atoms with Crippen molar-refractivity contribution in [1.29, 1.82) is 0 Å². The first-order valence-corrected chi connectivity index (χ1v) is 11.4. The molecule has 0 spiro atoms. The molecule has 162 valence electrons. The summed E-state index contributed by atoms with van der Waals surface area (Å²) in [6, 6.07) is 7.40. The smallest absolute Gasteiger partial charge is 0.173 e. The van der Waals surface area contributed by atoms with Crippen LogP contribution in [0.1, 0.15) is 18.4 Å². The van der Waals surface area contributed by atoms with Crippen LogP contribution >= 0.6 is 11.6 Å². The van der Waals surface area contributed by atoms with E-state index in [1.807, 2.05) is 24.3 Å². The minimum atomic E-state index is -0.0986. The number of Topliss-reactive ketones (excluding diaryl/α,β-unsaturated/α-hetero) is 1. The lowest BCUT2D eigenvalue weighted by atomic mass is 9.71. The highest BCUT2D eigenvalue weighted by atomic mass is 35.5. The van der Waals surface area contributed by atoms with Crippen molar-refractivity contribution in [2.24, 2.45) is 11.8 Å². The molecule has 1 aromatic rings. The number of ether oxygens (including phenoxy) is 3. The van der Waals surface area contributed by atoms with Crippen LogP contribution in [0.3, 0.4) is 0 Å². The predicted octanol–water partition coefficient (Wildman–Crippen LogP) is 2.67. The summed E-state index contributed by atoms with van der Waals surface area (Å²) in [7, 11) is 0. The third-order valence-electron chi connectivity index (χ3n) is 6.94. The zero-order chi connectivity index (χ0) is 20.5. The Balaban J connectivity index is 1.25. The normalized spacial score (nSPS) is 32.7. The average molecular weight is 433 g/mol. The van der Waals surface area contributed by atoms with Gasteiger partial charge in [0, 0.05) is 43.7 Å². The van der Waals surface area contributed by atoms with Crippen LogP contribution in [0.2, 0.25) is 5.02 Å². The summed E-state index contributed by atoms with van der Waals surface area (Å²) >= 11 is 6.00. The fourth-order valence-electron chi connectivity index (χ4n) is 5.20. The van der Waals surface area contributed by atoms with Gasteiger partial charge in [-0.3, -0.25) is 14.6 Å². The van der Waals surface area contributed by atoms with E-state index in [2.05, 4.69) is 9.80 Å². The maximum atomic E-state index is 13.3. The second-order valence-electron chi connectivity index (χ2n) is 8.72. The number of hydrogen-bond acceptors (Lipinski definition) is 6. The molecule has 1 aliphatic carbocycles. The van der Waals surface area contributed by atoms with Crippen LogP contribution in [0.5, 0.6) is 0 Å². The number of benzene rings is 1. The monoisotopic (exact) mass is 432 g/mol. The van der Waals surface area contributed by atoms with Crippen molar-refractivity contribution in [3.8, 4) is 0 Å². The van der Waals surface area contributed by atoms with Crippen molar-refractivity contribution >= 4 is 23.0 Å². The van der Waals surface area contributed by atoms with Crippen LogP contribution < -0.4 is 0 Å². The number of allylic oxidation sites excluding steroid dienone is 1. The molecule has 1 saturated carbocycles. The van der Waals surface area contributed by atoms with Gasteiger partial charge in [-0.1, -0.05) is 23.7 Å². The SMILES string of the molecule is O=C1C(c2ccc(Cl)cc2)=COC2C1CCC1OCN(CCN3CCOCC3)CC12. The van der Waals surface area contributed by atoms with Crippen molar-refractivity contribution in [1.82, 2.24) is 9.80 Å². The molecule has 4 unspecified atom stereocenters. The van der Waals surface area contributed by atoms with Crippen LogP contribution in [0.25, 0.3) is 5.57 Å². The van der Waals surface area contributed by atoms with E-state index in [4.69, 9.17) is 25.8 Å². The van der Waals surface area contributed by atoms with E-state index in [0.29, 0.717) is 17.3 Å². The lowest BCUT2D eigenvalue weighted by molar-refractivity contribution is -0.170. The summed E-state index contributed by atoms with van der Waals surface area (Å²) in [6.45, 7) is 7.24. The van der Waals surface area contributed by atoms with Gasteiger partial charge in [-0.2, -0.15) is 0 Å². The molecule has 3 fully saturated rings. The maximum Gasteiger partial charge on any atom is 0.173 e. The number of fused-ring (bicyclic) bond motifs is 3. The van der Waals surface area contributed by atoms with Gasteiger partial charge in [0.25, 0.3) is 0 Å². The van der Waals surface area contributed by atoms with E-state index >= 15 is 0 Å². The molecule has 30 heavy (non-hydrogen) atoms. The summed E-state index contributed by atoms with van der Waals surface area (Å²) < 4.78 is 17.8. The first-order valence-electron chi connectivity index (χ1n) is 11.0. The molecule has 7 heteroatoms. The molecule has 1 aromatic carbocycles. The highest BCUT2D eigenvalue weighted by Gasteiger charge is 2.49. The van der Waals surface area contributed by atoms with Gasteiger partial charge in [0.05, 0.1) is 43.8 Å². The van der Waals surface area contributed by atoms with E-state index in [1.54, 1.807) is 6.26 Å². The van der Waals surface area contributed by atoms with Crippen molar-refractivity contribution in [3.05, 3.63) is 41.1 Å². The predicted molar refractivity (Wildman–Crippen MR) is 114 cm³/mol. The molecule has 5 rings (SSSR count). The zero-order valence-corrected chi connectivity index (χ0v) is 17.9. The van der Waals surface area contributed by atoms with Crippen molar-refractivity contribution in [2.75, 3.05) is 52.7 Å². The Morgan fingerprint density at radius 1 is 1.03 bits per heavy atom. The van der Waals surface area contributed by atoms with Gasteiger partial charge in [0.2, 0.25) is 0 Å². The van der Waals surface area contributed by atoms with Crippen molar-refractivity contribution in [3.63, 3.8) is 0 Å². The van der Waals surface area contributed by atoms with Gasteiger partial charge >= 0.3 is 0 Å². The Kier molecular flexibility index (Phi) is 6.12. The highest BCUT2D eigenvalue weighted by molar-refractivity contribution is 6.30. The summed E-state index contributed by atoms with van der Waals surface area (Å²) in [4.78, 5) is 18.1. The molecule has 2 saturated heterocycles. The zero-order valence-electron chi connectivity index (χ0n) is 17.2. The van der Waals surface area contributed by atoms with Gasteiger partial charge < -0.3 is 14.2 Å². The molecular formula is C23H29ClN2O4. The summed E-state index contributed by atoms with van der Waals surface area (Å²) in [5.41, 5.74) is 1.53. The maximum absolute atomic E-state index is 13.3. The highest BCUT2D eigenvalue weighted by Crippen LogP contribution is 2.42. The number of ketones is 1. The van der Waals surface area contributed by atoms with E-state index in [1.165, 1.54) is 0 Å². The Hall–Kier alpha value is -1.44. The third-order valence-corrected chi connectivity index (χ3v) is 7.19. The Morgan fingerprint density at radius 3 is 2.60 bits per heavy atom. The van der Waals surface area contributed by atoms with E-state index in [9.17, 15) is 4.79 Å². The summed E-state index contributed by atoms with van der Waals surface area (Å²) in [5.74, 6) is 0.330. The van der Waals surface area contributed by atoms with Gasteiger partial charge in [-0.15, -0.1) is 0 Å². The Bertz CT molecular complexity index is 793. The molecule has 4 aliphatic rings. The first kappa shape index (κ1) is 20.5. The number of carbonyl (C=O) groups excluding carboxylic acids is 1. The molecule has 0 radical (unpaired) electrons. The number of carbonyl (C=O) groups is 1. The van der Waals surface area contributed by atoms with Crippen LogP contribution in [0, 0.1) is 11.8 Å². The number of morpholine rings is 1. The van der Waals surface area contributed by atoms with Crippen LogP contribution in [-0.2, 0) is 19.0 Å². The number of rotatable bonds is 4. The molecule has 3 heterocycles. The molecule has 6 nitrogen and oxygen atoms in total. The van der Waals surface area contributed by atoms with Crippen molar-refractivity contribution in [2.45, 2.75) is 25.0 Å². The molecule has 3 aliphatic heterocycles. The molecule has 0 bridgehead atoms. The van der Waals surface area contributed by atoms with Crippen LogP contribution in [-0.4, -0.2) is 80.5 Å². The number of nitrogens with zero attached hydrogens (tertiary/aromatic N) is 2. The summed E-state index contributed by atoms with van der Waals surface area (Å²) in [5, 5.41) is 0.665. The molecule has 0 N–H and O–H groups in total. The van der Waals surface area contributed by atoms with Crippen LogP contribution in [0.4, 0.5) is 0 Å². The van der Waals surface area contributed by atoms with Gasteiger partial charge in [0.1, 0.15) is 6.10 Å². The standard InChI is InChI=1S/C23H29ClN2O4/c24-17-3-1-16(2-4-17)20-14-29-23-18(22(20)27)5-6-21-19(23)13-26(15-30-21)8-7-25-9-11-28-12-10-25/h1-4,14,18-19,21,23H,5-13,15H2. The average Bonchev–Trinajstić information content (AvgIpc) is 2.79. The second-order valence-corrected chi connectivity index (χ2v) is 9.15. The minimum Gasteiger partial charge on any atom is -0.496 e. The topological polar surface area (TPSA) is 51.2 Å². The second kappa shape index (κ2) is 8.97. The largest absolute Gasteiger partial charge is 0.496 e. The molecule has 4 atom stereocenters. The van der Waals surface area contributed by atoms with Crippen molar-refractivity contribution < 1.29 is 19.0 Å². The fraction of sp³-hybridized carbons (Fsp3) is 0.609. The lowest BCUT2D eigenvalue weighted by Crippen LogP contribution is -2.57. The fourth-order valence-corrected chi connectivity index (χ4v) is 5.32. The van der Waals surface area contributed by atoms with E-state index < -0.39 is 0 Å². The lowest BCUT2D eigenvalue weighted by Gasteiger charge is -2.48.